The molecule has 2 aromatic rings. The Labute approximate surface area is 106 Å². The Morgan fingerprint density at radius 1 is 1.22 bits per heavy atom. The summed E-state index contributed by atoms with van der Waals surface area (Å²) in [4.78, 5) is 11.1. The summed E-state index contributed by atoms with van der Waals surface area (Å²) in [6, 6.07) is 10.2. The number of aryl methyl sites for hydroxylation is 2. The van der Waals surface area contributed by atoms with Crippen molar-refractivity contribution >= 4 is 22.4 Å². The number of benzene rings is 2. The van der Waals surface area contributed by atoms with E-state index in [1.807, 2.05) is 6.07 Å². The number of carbonyl (C=O) groups excluding carboxylic acids is 1. The van der Waals surface area contributed by atoms with E-state index in [0.29, 0.717) is 0 Å². The van der Waals surface area contributed by atoms with Crippen molar-refractivity contribution < 1.29 is 4.79 Å². The summed E-state index contributed by atoms with van der Waals surface area (Å²) in [5, 5.41) is 5.73. The molecular formula is C15H16N2O. The lowest BCUT2D eigenvalue weighted by molar-refractivity contribution is -0.118. The molecule has 0 aromatic heterocycles. The molecule has 1 aliphatic rings. The van der Waals surface area contributed by atoms with Crippen LogP contribution in [-0.4, -0.2) is 11.9 Å². The number of nitrogens with two attached hydrogens (primary N) is 1. The largest absolute Gasteiger partial charge is 0.373 e. The molecule has 18 heavy (non-hydrogen) atoms. The van der Waals surface area contributed by atoms with Crippen molar-refractivity contribution in [2.24, 2.45) is 5.73 Å². The molecule has 0 saturated carbocycles. The number of rotatable bonds is 3. The predicted octanol–water partition coefficient (Wildman–Crippen LogP) is 2.22. The number of carbonyl (C=O) groups is 1. The zero-order valence-corrected chi connectivity index (χ0v) is 10.4. The van der Waals surface area contributed by atoms with Crippen molar-refractivity contribution in [3.05, 3.63) is 41.5 Å². The third kappa shape index (κ3) is 1.63. The second-order valence-corrected chi connectivity index (χ2v) is 4.88. The molecule has 2 aromatic carbocycles. The van der Waals surface area contributed by atoms with Crippen molar-refractivity contribution in [3.63, 3.8) is 0 Å². The normalized spacial score (nSPS) is 14.7. The Morgan fingerprint density at radius 3 is 2.67 bits per heavy atom. The van der Waals surface area contributed by atoms with Crippen molar-refractivity contribution in [2.45, 2.75) is 25.8 Å². The lowest BCUT2D eigenvalue weighted by Crippen LogP contribution is -2.32. The van der Waals surface area contributed by atoms with Gasteiger partial charge >= 0.3 is 0 Å². The van der Waals surface area contributed by atoms with E-state index in [1.165, 1.54) is 21.9 Å². The highest BCUT2D eigenvalue weighted by Crippen LogP contribution is 2.35. The standard InChI is InChI=1S/C15H16N2O/c1-9(15(16)18)17-13-8-7-11-6-5-10-3-2-4-12(13)14(10)11/h2-4,7-9,17H,5-6H2,1H3,(H2,16,18). The van der Waals surface area contributed by atoms with E-state index in [9.17, 15) is 4.79 Å². The first kappa shape index (κ1) is 11.1. The van der Waals surface area contributed by atoms with Crippen LogP contribution in [0.25, 0.3) is 10.8 Å². The number of anilines is 1. The Hall–Kier alpha value is -2.03. The Morgan fingerprint density at radius 2 is 1.94 bits per heavy atom. The van der Waals surface area contributed by atoms with Gasteiger partial charge < -0.3 is 11.1 Å². The molecule has 3 nitrogen and oxygen atoms in total. The van der Waals surface area contributed by atoms with Gasteiger partial charge in [-0.15, -0.1) is 0 Å². The molecule has 92 valence electrons. The lowest BCUT2D eigenvalue weighted by atomic mass is 10.0. The molecule has 1 unspecified atom stereocenters. The molecule has 0 aliphatic heterocycles. The number of nitrogens with one attached hydrogen (secondary N) is 1. The molecule has 0 heterocycles. The van der Waals surface area contributed by atoms with Crippen molar-refractivity contribution in [3.8, 4) is 0 Å². The molecule has 0 fully saturated rings. The summed E-state index contributed by atoms with van der Waals surface area (Å²) in [5.41, 5.74) is 9.09. The van der Waals surface area contributed by atoms with Gasteiger partial charge in [0.1, 0.15) is 6.04 Å². The fraction of sp³-hybridized carbons (Fsp3) is 0.267. The number of hydrogen-bond acceptors (Lipinski definition) is 2. The van der Waals surface area contributed by atoms with E-state index in [-0.39, 0.29) is 11.9 Å². The first-order valence-corrected chi connectivity index (χ1v) is 6.26. The van der Waals surface area contributed by atoms with E-state index >= 15 is 0 Å². The van der Waals surface area contributed by atoms with Gasteiger partial charge in [0.2, 0.25) is 5.91 Å². The SMILES string of the molecule is CC(Nc1ccc2c3c(cccc13)CC2)C(N)=O. The maximum absolute atomic E-state index is 11.1. The van der Waals surface area contributed by atoms with Crippen LogP contribution in [0, 0.1) is 0 Å². The van der Waals surface area contributed by atoms with Crippen LogP contribution < -0.4 is 11.1 Å². The summed E-state index contributed by atoms with van der Waals surface area (Å²) >= 11 is 0. The summed E-state index contributed by atoms with van der Waals surface area (Å²) in [5.74, 6) is -0.335. The van der Waals surface area contributed by atoms with Gasteiger partial charge in [-0.3, -0.25) is 4.79 Å². The minimum Gasteiger partial charge on any atom is -0.373 e. The maximum Gasteiger partial charge on any atom is 0.239 e. The summed E-state index contributed by atoms with van der Waals surface area (Å²) in [6.45, 7) is 1.78. The minimum absolute atomic E-state index is 0.335. The van der Waals surface area contributed by atoms with Gasteiger partial charge in [-0.25, -0.2) is 0 Å². The van der Waals surface area contributed by atoms with Gasteiger partial charge in [0, 0.05) is 11.1 Å². The lowest BCUT2D eigenvalue weighted by Gasteiger charge is -2.15. The molecule has 3 rings (SSSR count). The highest BCUT2D eigenvalue weighted by Gasteiger charge is 2.17. The second-order valence-electron chi connectivity index (χ2n) is 4.88. The molecule has 1 atom stereocenters. The zero-order chi connectivity index (χ0) is 12.7. The predicted molar refractivity (Wildman–Crippen MR) is 73.6 cm³/mol. The highest BCUT2D eigenvalue weighted by molar-refractivity contribution is 6.00. The fourth-order valence-electron chi connectivity index (χ4n) is 2.68. The van der Waals surface area contributed by atoms with Gasteiger partial charge in [0.05, 0.1) is 0 Å². The van der Waals surface area contributed by atoms with E-state index in [0.717, 1.165) is 18.5 Å². The average Bonchev–Trinajstić information content (AvgIpc) is 2.77. The van der Waals surface area contributed by atoms with Crippen LogP contribution in [0.3, 0.4) is 0 Å². The van der Waals surface area contributed by atoms with Crippen LogP contribution in [0.5, 0.6) is 0 Å². The van der Waals surface area contributed by atoms with Crippen molar-refractivity contribution in [1.29, 1.82) is 0 Å². The topological polar surface area (TPSA) is 55.1 Å². The number of primary amides is 1. The van der Waals surface area contributed by atoms with E-state index in [2.05, 4.69) is 29.6 Å². The van der Waals surface area contributed by atoms with E-state index in [1.54, 1.807) is 6.92 Å². The Bertz CT molecular complexity index is 623. The van der Waals surface area contributed by atoms with E-state index in [4.69, 9.17) is 5.73 Å². The highest BCUT2D eigenvalue weighted by atomic mass is 16.1. The molecule has 0 saturated heterocycles. The monoisotopic (exact) mass is 240 g/mol. The maximum atomic E-state index is 11.1. The van der Waals surface area contributed by atoms with Gasteiger partial charge in [-0.1, -0.05) is 24.3 Å². The first-order valence-electron chi connectivity index (χ1n) is 6.26. The third-order valence-electron chi connectivity index (χ3n) is 3.68. The Kier molecular flexibility index (Phi) is 2.47. The van der Waals surface area contributed by atoms with Crippen LogP contribution in [0.4, 0.5) is 5.69 Å². The minimum atomic E-state index is -0.358. The zero-order valence-electron chi connectivity index (χ0n) is 10.4. The van der Waals surface area contributed by atoms with Crippen LogP contribution in [0.1, 0.15) is 18.1 Å². The first-order chi connectivity index (χ1) is 8.66. The summed E-state index contributed by atoms with van der Waals surface area (Å²) in [7, 11) is 0. The summed E-state index contributed by atoms with van der Waals surface area (Å²) in [6.07, 6.45) is 2.23. The molecule has 0 radical (unpaired) electrons. The van der Waals surface area contributed by atoms with Gasteiger partial charge in [0.25, 0.3) is 0 Å². The molecule has 3 heteroatoms. The van der Waals surface area contributed by atoms with Crippen molar-refractivity contribution in [1.82, 2.24) is 0 Å². The smallest absolute Gasteiger partial charge is 0.239 e. The number of hydrogen-bond donors (Lipinski definition) is 2. The molecule has 1 amide bonds. The Balaban J connectivity index is 2.12. The second kappa shape index (κ2) is 4.02. The molecule has 1 aliphatic carbocycles. The average molecular weight is 240 g/mol. The fourth-order valence-corrected chi connectivity index (χ4v) is 2.68. The summed E-state index contributed by atoms with van der Waals surface area (Å²) < 4.78 is 0. The quantitative estimate of drug-likeness (QED) is 0.864. The van der Waals surface area contributed by atoms with Crippen LogP contribution in [-0.2, 0) is 17.6 Å². The molecule has 0 spiro atoms. The molecule has 0 bridgehead atoms. The van der Waals surface area contributed by atoms with Gasteiger partial charge in [-0.05, 0) is 42.3 Å². The van der Waals surface area contributed by atoms with Crippen LogP contribution in [0.2, 0.25) is 0 Å². The molecule has 3 N–H and O–H groups in total. The third-order valence-corrected chi connectivity index (χ3v) is 3.68. The number of amides is 1. The van der Waals surface area contributed by atoms with Crippen LogP contribution in [0.15, 0.2) is 30.3 Å². The van der Waals surface area contributed by atoms with Gasteiger partial charge in [-0.2, -0.15) is 0 Å². The van der Waals surface area contributed by atoms with Gasteiger partial charge in [0.15, 0.2) is 0 Å². The van der Waals surface area contributed by atoms with Crippen LogP contribution >= 0.6 is 0 Å². The molecular weight excluding hydrogens is 224 g/mol. The van der Waals surface area contributed by atoms with E-state index < -0.39 is 0 Å². The van der Waals surface area contributed by atoms with Crippen molar-refractivity contribution in [2.75, 3.05) is 5.32 Å².